The lowest BCUT2D eigenvalue weighted by Crippen LogP contribution is -2.29. The quantitative estimate of drug-likeness (QED) is 0.780. The van der Waals surface area contributed by atoms with E-state index in [-0.39, 0.29) is 30.7 Å². The van der Waals surface area contributed by atoms with Gasteiger partial charge in [-0.1, -0.05) is 36.7 Å². The van der Waals surface area contributed by atoms with E-state index in [1.807, 2.05) is 6.92 Å². The van der Waals surface area contributed by atoms with E-state index in [1.165, 1.54) is 0 Å². The number of hydrogen-bond donors (Lipinski definition) is 2. The van der Waals surface area contributed by atoms with Gasteiger partial charge in [0.25, 0.3) is 5.91 Å². The molecule has 3 amide bonds. The van der Waals surface area contributed by atoms with Crippen molar-refractivity contribution in [2.75, 3.05) is 23.3 Å². The molecule has 3 rings (SSSR count). The number of hydrogen-bond acceptors (Lipinski definition) is 3. The van der Waals surface area contributed by atoms with Crippen molar-refractivity contribution in [3.63, 3.8) is 0 Å². The summed E-state index contributed by atoms with van der Waals surface area (Å²) in [5, 5.41) is 6.15. The number of anilines is 2. The van der Waals surface area contributed by atoms with Crippen molar-refractivity contribution in [1.29, 1.82) is 0 Å². The number of amides is 3. The molecule has 1 aliphatic heterocycles. The van der Waals surface area contributed by atoms with Crippen molar-refractivity contribution >= 4 is 40.7 Å². The third-order valence-corrected chi connectivity index (χ3v) is 4.82. The molecule has 2 aromatic carbocycles. The lowest BCUT2D eigenvalue weighted by Gasteiger charge is -2.17. The third kappa shape index (κ3) is 4.51. The molecule has 0 bridgehead atoms. The lowest BCUT2D eigenvalue weighted by atomic mass is 10.1. The third-order valence-electron chi connectivity index (χ3n) is 4.58. The van der Waals surface area contributed by atoms with E-state index in [2.05, 4.69) is 10.6 Å². The molecular weight excluding hydrogens is 378 g/mol. The SMILES string of the molecule is CCCNC(=O)c1ccccc1NC(=O)[C@H]1CC(=O)N(c2cccc(Cl)c2)C1. The summed E-state index contributed by atoms with van der Waals surface area (Å²) in [4.78, 5) is 39.0. The van der Waals surface area contributed by atoms with Crippen molar-refractivity contribution in [3.8, 4) is 0 Å². The summed E-state index contributed by atoms with van der Waals surface area (Å²) in [5.74, 6) is -1.15. The Bertz CT molecular complexity index is 900. The summed E-state index contributed by atoms with van der Waals surface area (Å²) < 4.78 is 0. The molecule has 7 heteroatoms. The molecular formula is C21H22ClN3O3. The van der Waals surface area contributed by atoms with Gasteiger partial charge in [-0.15, -0.1) is 0 Å². The summed E-state index contributed by atoms with van der Waals surface area (Å²) in [6, 6.07) is 13.8. The first kappa shape index (κ1) is 19.9. The maximum absolute atomic E-state index is 12.7. The Kier molecular flexibility index (Phi) is 6.31. The Morgan fingerprint density at radius 1 is 1.18 bits per heavy atom. The van der Waals surface area contributed by atoms with Crippen molar-refractivity contribution in [2.24, 2.45) is 5.92 Å². The zero-order valence-corrected chi connectivity index (χ0v) is 16.3. The molecule has 1 aliphatic rings. The Labute approximate surface area is 168 Å². The van der Waals surface area contributed by atoms with Gasteiger partial charge in [-0.2, -0.15) is 0 Å². The van der Waals surface area contributed by atoms with Gasteiger partial charge >= 0.3 is 0 Å². The Morgan fingerprint density at radius 2 is 1.96 bits per heavy atom. The number of rotatable bonds is 6. The normalized spacial score (nSPS) is 16.1. The molecule has 28 heavy (non-hydrogen) atoms. The van der Waals surface area contributed by atoms with Gasteiger partial charge in [0.1, 0.15) is 0 Å². The second-order valence-electron chi connectivity index (χ2n) is 6.68. The van der Waals surface area contributed by atoms with Crippen LogP contribution in [0, 0.1) is 5.92 Å². The van der Waals surface area contributed by atoms with Gasteiger partial charge < -0.3 is 15.5 Å². The zero-order chi connectivity index (χ0) is 20.1. The second-order valence-corrected chi connectivity index (χ2v) is 7.11. The van der Waals surface area contributed by atoms with Crippen LogP contribution >= 0.6 is 11.6 Å². The summed E-state index contributed by atoms with van der Waals surface area (Å²) in [6.07, 6.45) is 0.937. The van der Waals surface area contributed by atoms with Crippen molar-refractivity contribution in [1.82, 2.24) is 5.32 Å². The Balaban J connectivity index is 1.71. The van der Waals surface area contributed by atoms with Gasteiger partial charge in [-0.05, 0) is 36.8 Å². The fourth-order valence-electron chi connectivity index (χ4n) is 3.14. The molecule has 1 saturated heterocycles. The van der Waals surface area contributed by atoms with Crippen LogP contribution in [0.3, 0.4) is 0 Å². The number of nitrogens with zero attached hydrogens (tertiary/aromatic N) is 1. The fraction of sp³-hybridized carbons (Fsp3) is 0.286. The first-order valence-electron chi connectivity index (χ1n) is 9.23. The molecule has 146 valence electrons. The van der Waals surface area contributed by atoms with E-state index < -0.39 is 5.92 Å². The van der Waals surface area contributed by atoms with Crippen LogP contribution < -0.4 is 15.5 Å². The van der Waals surface area contributed by atoms with Gasteiger partial charge in [0.2, 0.25) is 11.8 Å². The second kappa shape index (κ2) is 8.89. The summed E-state index contributed by atoms with van der Waals surface area (Å²) in [5.41, 5.74) is 1.52. The molecule has 1 fully saturated rings. The predicted octanol–water partition coefficient (Wildman–Crippen LogP) is 3.47. The molecule has 2 N–H and O–H groups in total. The summed E-state index contributed by atoms with van der Waals surface area (Å²) in [7, 11) is 0. The average molecular weight is 400 g/mol. The molecule has 0 saturated carbocycles. The van der Waals surface area contributed by atoms with E-state index in [0.29, 0.717) is 28.5 Å². The first-order chi connectivity index (χ1) is 13.5. The lowest BCUT2D eigenvalue weighted by molar-refractivity contribution is -0.122. The predicted molar refractivity (Wildman–Crippen MR) is 110 cm³/mol. The van der Waals surface area contributed by atoms with E-state index in [0.717, 1.165) is 6.42 Å². The number of carbonyl (C=O) groups is 3. The molecule has 1 heterocycles. The van der Waals surface area contributed by atoms with Gasteiger partial charge in [-0.3, -0.25) is 14.4 Å². The Hall–Kier alpha value is -2.86. The van der Waals surface area contributed by atoms with Crippen LogP contribution in [-0.4, -0.2) is 30.8 Å². The van der Waals surface area contributed by atoms with Crippen LogP contribution in [0.2, 0.25) is 5.02 Å². The number of para-hydroxylation sites is 1. The van der Waals surface area contributed by atoms with Crippen LogP contribution in [0.15, 0.2) is 48.5 Å². The highest BCUT2D eigenvalue weighted by Gasteiger charge is 2.35. The van der Waals surface area contributed by atoms with Crippen LogP contribution in [0.4, 0.5) is 11.4 Å². The molecule has 0 radical (unpaired) electrons. The van der Waals surface area contributed by atoms with Crippen LogP contribution in [-0.2, 0) is 9.59 Å². The zero-order valence-electron chi connectivity index (χ0n) is 15.6. The average Bonchev–Trinajstić information content (AvgIpc) is 3.08. The maximum Gasteiger partial charge on any atom is 0.253 e. The highest BCUT2D eigenvalue weighted by molar-refractivity contribution is 6.31. The minimum Gasteiger partial charge on any atom is -0.352 e. The smallest absolute Gasteiger partial charge is 0.253 e. The van der Waals surface area contributed by atoms with Crippen molar-refractivity contribution in [3.05, 3.63) is 59.1 Å². The van der Waals surface area contributed by atoms with E-state index in [9.17, 15) is 14.4 Å². The molecule has 0 unspecified atom stereocenters. The van der Waals surface area contributed by atoms with Gasteiger partial charge in [0.05, 0.1) is 17.2 Å². The Morgan fingerprint density at radius 3 is 2.71 bits per heavy atom. The van der Waals surface area contributed by atoms with Gasteiger partial charge in [0, 0.05) is 30.2 Å². The van der Waals surface area contributed by atoms with Gasteiger partial charge in [0.15, 0.2) is 0 Å². The monoisotopic (exact) mass is 399 g/mol. The van der Waals surface area contributed by atoms with Crippen molar-refractivity contribution < 1.29 is 14.4 Å². The molecule has 2 aromatic rings. The van der Waals surface area contributed by atoms with Crippen molar-refractivity contribution in [2.45, 2.75) is 19.8 Å². The van der Waals surface area contributed by atoms with E-state index in [4.69, 9.17) is 11.6 Å². The van der Waals surface area contributed by atoms with Gasteiger partial charge in [-0.25, -0.2) is 0 Å². The number of carbonyl (C=O) groups excluding carboxylic acids is 3. The van der Waals surface area contributed by atoms with E-state index in [1.54, 1.807) is 53.4 Å². The number of benzene rings is 2. The first-order valence-corrected chi connectivity index (χ1v) is 9.61. The number of halogens is 1. The summed E-state index contributed by atoms with van der Waals surface area (Å²) in [6.45, 7) is 2.80. The standard InChI is InChI=1S/C21H22ClN3O3/c1-2-10-23-21(28)17-8-3-4-9-18(17)24-20(27)14-11-19(26)25(13-14)16-7-5-6-15(22)12-16/h3-9,12,14H,2,10-11,13H2,1H3,(H,23,28)(H,24,27)/t14-/m0/s1. The molecule has 1 atom stereocenters. The maximum atomic E-state index is 12.7. The molecule has 0 aliphatic carbocycles. The number of nitrogens with one attached hydrogen (secondary N) is 2. The van der Waals surface area contributed by atoms with Crippen LogP contribution in [0.1, 0.15) is 30.1 Å². The highest BCUT2D eigenvalue weighted by atomic mass is 35.5. The highest BCUT2D eigenvalue weighted by Crippen LogP contribution is 2.28. The fourth-order valence-corrected chi connectivity index (χ4v) is 3.32. The minimum absolute atomic E-state index is 0.114. The molecule has 0 spiro atoms. The molecule has 6 nitrogen and oxygen atoms in total. The largest absolute Gasteiger partial charge is 0.352 e. The van der Waals surface area contributed by atoms with Crippen LogP contribution in [0.25, 0.3) is 0 Å². The summed E-state index contributed by atoms with van der Waals surface area (Å²) >= 11 is 6.01. The van der Waals surface area contributed by atoms with E-state index >= 15 is 0 Å². The van der Waals surface area contributed by atoms with Crippen LogP contribution in [0.5, 0.6) is 0 Å². The topological polar surface area (TPSA) is 78.5 Å². The minimum atomic E-state index is -0.502. The molecule has 0 aromatic heterocycles.